The summed E-state index contributed by atoms with van der Waals surface area (Å²) in [5, 5.41) is 0. The van der Waals surface area contributed by atoms with E-state index in [2.05, 4.69) is 15.9 Å². The summed E-state index contributed by atoms with van der Waals surface area (Å²) in [5.41, 5.74) is 6.37. The van der Waals surface area contributed by atoms with Crippen LogP contribution in [0, 0.1) is 6.92 Å². The molecule has 106 valence electrons. The minimum atomic E-state index is -4.90. The van der Waals surface area contributed by atoms with Crippen LogP contribution in [0.1, 0.15) is 12.0 Å². The van der Waals surface area contributed by atoms with Crippen LogP contribution in [0.2, 0.25) is 0 Å². The van der Waals surface area contributed by atoms with Crippen LogP contribution in [-0.2, 0) is 4.79 Å². The monoisotopic (exact) mass is 338 g/mol. The molecule has 0 aliphatic rings. The van der Waals surface area contributed by atoms with Gasteiger partial charge in [-0.05, 0) is 53.5 Å². The first-order valence-electron chi connectivity index (χ1n) is 5.62. The van der Waals surface area contributed by atoms with Gasteiger partial charge in [0.25, 0.3) is 0 Å². The van der Waals surface area contributed by atoms with E-state index in [0.29, 0.717) is 15.8 Å². The van der Waals surface area contributed by atoms with Crippen molar-refractivity contribution in [3.8, 4) is 0 Å². The summed E-state index contributed by atoms with van der Waals surface area (Å²) in [6, 6.07) is 4.80. The van der Waals surface area contributed by atoms with E-state index in [4.69, 9.17) is 5.73 Å². The molecule has 2 N–H and O–H groups in total. The molecule has 0 saturated carbocycles. The molecule has 19 heavy (non-hydrogen) atoms. The quantitative estimate of drug-likeness (QED) is 0.917. The molecule has 0 fully saturated rings. The highest BCUT2D eigenvalue weighted by Crippen LogP contribution is 2.30. The number of halogens is 4. The van der Waals surface area contributed by atoms with Crippen molar-refractivity contribution in [3.05, 3.63) is 28.2 Å². The van der Waals surface area contributed by atoms with Gasteiger partial charge in [-0.1, -0.05) is 6.07 Å². The Morgan fingerprint density at radius 1 is 1.42 bits per heavy atom. The van der Waals surface area contributed by atoms with Crippen molar-refractivity contribution >= 4 is 27.5 Å². The van der Waals surface area contributed by atoms with Gasteiger partial charge in [0.05, 0.1) is 5.69 Å². The Kier molecular flexibility index (Phi) is 5.37. The Hall–Kier alpha value is -1.08. The molecule has 0 heterocycles. The van der Waals surface area contributed by atoms with E-state index in [9.17, 15) is 18.0 Å². The smallest absolute Gasteiger partial charge is 0.330 e. The van der Waals surface area contributed by atoms with E-state index >= 15 is 0 Å². The highest BCUT2D eigenvalue weighted by molar-refractivity contribution is 9.10. The molecular weight excluding hydrogens is 325 g/mol. The summed E-state index contributed by atoms with van der Waals surface area (Å²) < 4.78 is 38.2. The SMILES string of the molecule is Cc1ccc(N(CCCN)C(=O)C(F)(F)F)c(Br)c1. The van der Waals surface area contributed by atoms with E-state index in [0.717, 1.165) is 5.56 Å². The summed E-state index contributed by atoms with van der Waals surface area (Å²) in [6.45, 7) is 1.95. The molecule has 0 saturated heterocycles. The topological polar surface area (TPSA) is 46.3 Å². The van der Waals surface area contributed by atoms with Crippen molar-refractivity contribution in [1.82, 2.24) is 0 Å². The van der Waals surface area contributed by atoms with Gasteiger partial charge in [0.15, 0.2) is 0 Å². The van der Waals surface area contributed by atoms with Crippen LogP contribution >= 0.6 is 15.9 Å². The first-order chi connectivity index (χ1) is 8.77. The standard InChI is InChI=1S/C12H14BrF3N2O/c1-8-3-4-10(9(13)7-8)18(6-2-5-17)11(19)12(14,15)16/h3-4,7H,2,5-6,17H2,1H3. The molecule has 0 radical (unpaired) electrons. The number of amides is 1. The van der Waals surface area contributed by atoms with Crippen LogP contribution in [0.4, 0.5) is 18.9 Å². The molecule has 0 spiro atoms. The fourth-order valence-corrected chi connectivity index (χ4v) is 2.27. The van der Waals surface area contributed by atoms with Gasteiger partial charge >= 0.3 is 12.1 Å². The largest absolute Gasteiger partial charge is 0.471 e. The molecule has 0 aliphatic heterocycles. The van der Waals surface area contributed by atoms with Crippen LogP contribution in [0.5, 0.6) is 0 Å². The van der Waals surface area contributed by atoms with Gasteiger partial charge in [0, 0.05) is 11.0 Å². The Balaban J connectivity index is 3.12. The first kappa shape index (κ1) is 16.0. The molecule has 1 aromatic carbocycles. The number of carbonyl (C=O) groups is 1. The number of hydrogen-bond donors (Lipinski definition) is 1. The number of anilines is 1. The maximum Gasteiger partial charge on any atom is 0.471 e. The van der Waals surface area contributed by atoms with Crippen molar-refractivity contribution in [2.45, 2.75) is 19.5 Å². The third-order valence-electron chi connectivity index (χ3n) is 2.47. The number of hydrogen-bond acceptors (Lipinski definition) is 2. The van der Waals surface area contributed by atoms with Gasteiger partial charge in [-0.15, -0.1) is 0 Å². The number of rotatable bonds is 4. The predicted molar refractivity (Wildman–Crippen MR) is 71.0 cm³/mol. The van der Waals surface area contributed by atoms with E-state index < -0.39 is 12.1 Å². The van der Waals surface area contributed by atoms with E-state index in [-0.39, 0.29) is 18.8 Å². The zero-order valence-corrected chi connectivity index (χ0v) is 11.9. The van der Waals surface area contributed by atoms with Gasteiger partial charge in [0.1, 0.15) is 0 Å². The normalized spacial score (nSPS) is 11.5. The highest BCUT2D eigenvalue weighted by Gasteiger charge is 2.43. The summed E-state index contributed by atoms with van der Waals surface area (Å²) in [5.74, 6) is -1.88. The number of benzene rings is 1. The number of alkyl halides is 3. The summed E-state index contributed by atoms with van der Waals surface area (Å²) in [4.78, 5) is 12.2. The molecule has 0 aliphatic carbocycles. The lowest BCUT2D eigenvalue weighted by Crippen LogP contribution is -2.42. The predicted octanol–water partition coefficient (Wildman–Crippen LogP) is 3.00. The second-order valence-electron chi connectivity index (χ2n) is 4.05. The third-order valence-corrected chi connectivity index (χ3v) is 3.10. The zero-order valence-electron chi connectivity index (χ0n) is 10.3. The van der Waals surface area contributed by atoms with Crippen molar-refractivity contribution in [3.63, 3.8) is 0 Å². The molecular formula is C12H14BrF3N2O. The van der Waals surface area contributed by atoms with E-state index in [1.54, 1.807) is 12.1 Å². The summed E-state index contributed by atoms with van der Waals surface area (Å²) in [7, 11) is 0. The van der Waals surface area contributed by atoms with Crippen molar-refractivity contribution in [2.24, 2.45) is 5.73 Å². The first-order valence-corrected chi connectivity index (χ1v) is 6.41. The lowest BCUT2D eigenvalue weighted by molar-refractivity contribution is -0.170. The van der Waals surface area contributed by atoms with E-state index in [1.807, 2.05) is 6.92 Å². The molecule has 1 amide bonds. The molecule has 3 nitrogen and oxygen atoms in total. The lowest BCUT2D eigenvalue weighted by atomic mass is 10.2. The maximum atomic E-state index is 12.6. The average molecular weight is 339 g/mol. The number of nitrogens with zero attached hydrogens (tertiary/aromatic N) is 1. The van der Waals surface area contributed by atoms with Gasteiger partial charge in [-0.25, -0.2) is 0 Å². The van der Waals surface area contributed by atoms with Gasteiger partial charge in [0.2, 0.25) is 0 Å². The van der Waals surface area contributed by atoms with Crippen LogP contribution in [-0.4, -0.2) is 25.2 Å². The fourth-order valence-electron chi connectivity index (χ4n) is 1.56. The Labute approximate surface area is 117 Å². The van der Waals surface area contributed by atoms with Gasteiger partial charge in [-0.2, -0.15) is 13.2 Å². The molecule has 0 bridgehead atoms. The maximum absolute atomic E-state index is 12.6. The van der Waals surface area contributed by atoms with Crippen LogP contribution in [0.3, 0.4) is 0 Å². The Bertz CT molecular complexity index is 463. The lowest BCUT2D eigenvalue weighted by Gasteiger charge is -2.25. The minimum Gasteiger partial charge on any atom is -0.330 e. The third kappa shape index (κ3) is 4.21. The Morgan fingerprint density at radius 3 is 2.53 bits per heavy atom. The minimum absolute atomic E-state index is 0.0729. The van der Waals surface area contributed by atoms with Crippen molar-refractivity contribution in [1.29, 1.82) is 0 Å². The Morgan fingerprint density at radius 2 is 2.05 bits per heavy atom. The molecule has 0 unspecified atom stereocenters. The fraction of sp³-hybridized carbons (Fsp3) is 0.417. The van der Waals surface area contributed by atoms with Gasteiger partial charge < -0.3 is 10.6 Å². The number of nitrogens with two attached hydrogens (primary N) is 1. The van der Waals surface area contributed by atoms with Crippen LogP contribution < -0.4 is 10.6 Å². The second-order valence-corrected chi connectivity index (χ2v) is 4.91. The zero-order chi connectivity index (χ0) is 14.6. The summed E-state index contributed by atoms with van der Waals surface area (Å²) >= 11 is 3.18. The van der Waals surface area contributed by atoms with Crippen molar-refractivity contribution < 1.29 is 18.0 Å². The van der Waals surface area contributed by atoms with E-state index in [1.165, 1.54) is 6.07 Å². The molecule has 0 aromatic heterocycles. The second kappa shape index (κ2) is 6.38. The average Bonchev–Trinajstić information content (AvgIpc) is 2.30. The van der Waals surface area contributed by atoms with Crippen LogP contribution in [0.15, 0.2) is 22.7 Å². The van der Waals surface area contributed by atoms with Gasteiger partial charge in [-0.3, -0.25) is 4.79 Å². The van der Waals surface area contributed by atoms with Crippen LogP contribution in [0.25, 0.3) is 0 Å². The number of aryl methyl sites for hydroxylation is 1. The molecule has 7 heteroatoms. The number of carbonyl (C=O) groups excluding carboxylic acids is 1. The molecule has 1 aromatic rings. The molecule has 0 atom stereocenters. The summed E-state index contributed by atoms with van der Waals surface area (Å²) in [6.07, 6.45) is -4.61. The highest BCUT2D eigenvalue weighted by atomic mass is 79.9. The molecule has 1 rings (SSSR count). The van der Waals surface area contributed by atoms with Crippen molar-refractivity contribution in [2.75, 3.05) is 18.0 Å².